The second kappa shape index (κ2) is 13.1. The summed E-state index contributed by atoms with van der Waals surface area (Å²) in [7, 11) is 0. The molecule has 0 radical (unpaired) electrons. The Kier molecular flexibility index (Phi) is 7.58. The second-order valence-corrected chi connectivity index (χ2v) is 14.7. The van der Waals surface area contributed by atoms with E-state index in [-0.39, 0.29) is 6.17 Å². The molecule has 266 valence electrons. The SMILES string of the molecule is c1ccc(-c2cccc(C3=NC(c4ccccc4)NC(n4c5ccccc5c5cc6c(cc54)C(c4ccccc4)(c4ccccc4)c4ccccc4-6)[N-]3)c2)cc1. The van der Waals surface area contributed by atoms with Crippen LogP contribution in [-0.4, -0.2) is 10.4 Å². The summed E-state index contributed by atoms with van der Waals surface area (Å²) in [5.41, 5.74) is 13.7. The van der Waals surface area contributed by atoms with Crippen molar-refractivity contribution in [3.05, 3.63) is 245 Å². The zero-order chi connectivity index (χ0) is 37.1. The van der Waals surface area contributed by atoms with Crippen LogP contribution in [0.15, 0.2) is 211 Å². The van der Waals surface area contributed by atoms with Gasteiger partial charge < -0.3 is 14.9 Å². The minimum atomic E-state index is -0.516. The van der Waals surface area contributed by atoms with Gasteiger partial charge in [0, 0.05) is 16.9 Å². The monoisotopic (exact) mass is 717 g/mol. The number of amidine groups is 1. The van der Waals surface area contributed by atoms with Crippen molar-refractivity contribution < 1.29 is 0 Å². The molecule has 1 aliphatic heterocycles. The number of hydrogen-bond acceptors (Lipinski definition) is 2. The Balaban J connectivity index is 1.15. The van der Waals surface area contributed by atoms with Gasteiger partial charge in [0.25, 0.3) is 0 Å². The first-order chi connectivity index (χ1) is 27.8. The Morgan fingerprint density at radius 1 is 0.464 bits per heavy atom. The molecule has 1 N–H and O–H groups in total. The van der Waals surface area contributed by atoms with E-state index in [9.17, 15) is 0 Å². The number of benzene rings is 8. The van der Waals surface area contributed by atoms with Crippen molar-refractivity contribution in [1.82, 2.24) is 9.88 Å². The Labute approximate surface area is 326 Å². The number of nitrogens with one attached hydrogen (secondary N) is 1. The minimum Gasteiger partial charge on any atom is -0.445 e. The predicted octanol–water partition coefficient (Wildman–Crippen LogP) is 12.4. The lowest BCUT2D eigenvalue weighted by Gasteiger charge is -2.41. The van der Waals surface area contributed by atoms with E-state index >= 15 is 0 Å². The number of hydrogen-bond donors (Lipinski definition) is 1. The van der Waals surface area contributed by atoms with Gasteiger partial charge in [-0.2, -0.15) is 0 Å². The van der Waals surface area contributed by atoms with E-state index in [1.807, 2.05) is 0 Å². The standard InChI is InChI=1S/C52H37N4/c1-5-18-35(19-6-1)37-22-17-23-38(32-37)50-53-49(36-20-7-2-8-21-36)54-51(55-50)56-47-31-16-14-29-42(47)44-33-43-41-28-13-15-30-45(41)52(46(43)34-48(44)56,39-24-9-3-10-25-39)40-26-11-4-12-27-40/h1-34,49,51,54H/q-1. The molecule has 4 heteroatoms. The summed E-state index contributed by atoms with van der Waals surface area (Å²) in [6, 6.07) is 74.3. The van der Waals surface area contributed by atoms with Crippen LogP contribution in [0.25, 0.3) is 49.4 Å². The molecule has 4 nitrogen and oxygen atoms in total. The summed E-state index contributed by atoms with van der Waals surface area (Å²) in [6.45, 7) is 0. The average Bonchev–Trinajstić information content (AvgIpc) is 3.76. The molecule has 2 aliphatic rings. The molecule has 2 unspecified atom stereocenters. The van der Waals surface area contributed by atoms with Crippen LogP contribution in [0, 0.1) is 0 Å². The quantitative estimate of drug-likeness (QED) is 0.183. The molecule has 9 aromatic rings. The number of fused-ring (bicyclic) bond motifs is 6. The maximum Gasteiger partial charge on any atom is 0.0934 e. The van der Waals surface area contributed by atoms with E-state index in [4.69, 9.17) is 10.3 Å². The van der Waals surface area contributed by atoms with Gasteiger partial charge >= 0.3 is 0 Å². The van der Waals surface area contributed by atoms with Crippen LogP contribution in [0.1, 0.15) is 45.8 Å². The molecular formula is C52H37N4-. The third kappa shape index (κ3) is 5.00. The molecule has 0 amide bonds. The lowest BCUT2D eigenvalue weighted by Crippen LogP contribution is -2.35. The zero-order valence-electron chi connectivity index (χ0n) is 30.6. The number of rotatable bonds is 6. The van der Waals surface area contributed by atoms with Crippen LogP contribution >= 0.6 is 0 Å². The van der Waals surface area contributed by atoms with E-state index in [0.29, 0.717) is 0 Å². The van der Waals surface area contributed by atoms with E-state index in [1.54, 1.807) is 0 Å². The van der Waals surface area contributed by atoms with E-state index in [1.165, 1.54) is 44.2 Å². The van der Waals surface area contributed by atoms with Crippen molar-refractivity contribution in [2.45, 2.75) is 17.9 Å². The van der Waals surface area contributed by atoms with Crippen molar-refractivity contribution in [3.8, 4) is 22.3 Å². The molecule has 0 spiro atoms. The second-order valence-electron chi connectivity index (χ2n) is 14.7. The molecule has 0 saturated carbocycles. The maximum atomic E-state index is 5.49. The highest BCUT2D eigenvalue weighted by molar-refractivity contribution is 6.13. The summed E-state index contributed by atoms with van der Waals surface area (Å²) >= 11 is 0. The zero-order valence-corrected chi connectivity index (χ0v) is 30.6. The van der Waals surface area contributed by atoms with Crippen molar-refractivity contribution in [2.24, 2.45) is 4.99 Å². The number of aliphatic imine (C=N–C) groups is 1. The van der Waals surface area contributed by atoms with Gasteiger partial charge in [0.05, 0.1) is 22.7 Å². The molecule has 56 heavy (non-hydrogen) atoms. The minimum absolute atomic E-state index is 0.309. The maximum absolute atomic E-state index is 5.49. The highest BCUT2D eigenvalue weighted by Gasteiger charge is 2.46. The van der Waals surface area contributed by atoms with Crippen molar-refractivity contribution in [3.63, 3.8) is 0 Å². The summed E-state index contributed by atoms with van der Waals surface area (Å²) in [5, 5.41) is 11.8. The Bertz CT molecular complexity index is 2870. The average molecular weight is 718 g/mol. The molecule has 0 fully saturated rings. The number of aromatic nitrogens is 1. The van der Waals surface area contributed by atoms with E-state index in [2.05, 4.69) is 216 Å². The van der Waals surface area contributed by atoms with Gasteiger partial charge in [-0.15, -0.1) is 0 Å². The topological polar surface area (TPSA) is 43.4 Å². The highest BCUT2D eigenvalue weighted by Crippen LogP contribution is 2.57. The van der Waals surface area contributed by atoms with Crippen molar-refractivity contribution in [1.29, 1.82) is 0 Å². The normalized spacial score (nSPS) is 16.9. The van der Waals surface area contributed by atoms with Gasteiger partial charge in [-0.1, -0.05) is 188 Å². The number of nitrogens with zero attached hydrogens (tertiary/aromatic N) is 3. The lowest BCUT2D eigenvalue weighted by molar-refractivity contribution is 0.413. The first kappa shape index (κ1) is 32.4. The van der Waals surface area contributed by atoms with Crippen molar-refractivity contribution >= 4 is 27.6 Å². The lowest BCUT2D eigenvalue weighted by atomic mass is 9.67. The third-order valence-corrected chi connectivity index (χ3v) is 11.7. The van der Waals surface area contributed by atoms with E-state index in [0.717, 1.165) is 39.1 Å². The van der Waals surface area contributed by atoms with Gasteiger partial charge in [0.1, 0.15) is 0 Å². The van der Waals surface area contributed by atoms with Crippen LogP contribution in [0.2, 0.25) is 0 Å². The van der Waals surface area contributed by atoms with Crippen LogP contribution in [0.4, 0.5) is 0 Å². The summed E-state index contributed by atoms with van der Waals surface area (Å²) in [5.74, 6) is 0.725. The molecule has 8 aromatic carbocycles. The summed E-state index contributed by atoms with van der Waals surface area (Å²) in [6.07, 6.45) is -0.753. The smallest absolute Gasteiger partial charge is 0.0934 e. The first-order valence-electron chi connectivity index (χ1n) is 19.3. The number of para-hydroxylation sites is 1. The Morgan fingerprint density at radius 2 is 1.07 bits per heavy atom. The fourth-order valence-electron chi connectivity index (χ4n) is 9.24. The molecular weight excluding hydrogens is 681 g/mol. The van der Waals surface area contributed by atoms with Crippen LogP contribution in [0.3, 0.4) is 0 Å². The van der Waals surface area contributed by atoms with Gasteiger partial charge in [-0.05, 0) is 79.9 Å². The van der Waals surface area contributed by atoms with Gasteiger partial charge in [0.2, 0.25) is 0 Å². The van der Waals surface area contributed by atoms with Crippen molar-refractivity contribution in [2.75, 3.05) is 0 Å². The highest BCUT2D eigenvalue weighted by atomic mass is 15.4. The fourth-order valence-corrected chi connectivity index (χ4v) is 9.24. The van der Waals surface area contributed by atoms with E-state index < -0.39 is 11.7 Å². The van der Waals surface area contributed by atoms with Gasteiger partial charge in [-0.25, -0.2) is 0 Å². The van der Waals surface area contributed by atoms with Gasteiger partial charge in [0.15, 0.2) is 0 Å². The van der Waals surface area contributed by atoms with Crippen LogP contribution < -0.4 is 5.32 Å². The molecule has 11 rings (SSSR count). The molecule has 0 saturated heterocycles. The molecule has 0 bridgehead atoms. The predicted molar refractivity (Wildman–Crippen MR) is 230 cm³/mol. The first-order valence-corrected chi connectivity index (χ1v) is 19.3. The molecule has 1 aromatic heterocycles. The molecule has 1 aliphatic carbocycles. The summed E-state index contributed by atoms with van der Waals surface area (Å²) < 4.78 is 2.40. The Hall–Kier alpha value is -7.01. The molecule has 2 atom stereocenters. The largest absolute Gasteiger partial charge is 0.445 e. The third-order valence-electron chi connectivity index (χ3n) is 11.7. The van der Waals surface area contributed by atoms with Gasteiger partial charge in [-0.3, -0.25) is 5.32 Å². The van der Waals surface area contributed by atoms with Crippen LogP contribution in [-0.2, 0) is 5.41 Å². The Morgan fingerprint density at radius 3 is 1.82 bits per heavy atom. The fraction of sp³-hybridized carbons (Fsp3) is 0.0577. The van der Waals surface area contributed by atoms with Crippen LogP contribution in [0.5, 0.6) is 0 Å². The summed E-state index contributed by atoms with van der Waals surface area (Å²) in [4.78, 5) is 5.29. The molecule has 2 heterocycles.